The molecule has 0 aliphatic rings. The predicted molar refractivity (Wildman–Crippen MR) is 46.3 cm³/mol. The highest BCUT2D eigenvalue weighted by atomic mass is 79.9. The number of aromatic nitrogens is 1. The van der Waals surface area contributed by atoms with Gasteiger partial charge in [0.05, 0.1) is 18.2 Å². The van der Waals surface area contributed by atoms with Crippen molar-refractivity contribution in [2.75, 3.05) is 0 Å². The molecule has 0 unspecified atom stereocenters. The number of nitrogens with zero attached hydrogens (tertiary/aromatic N) is 2. The predicted octanol–water partition coefficient (Wildman–Crippen LogP) is 2.93. The minimum Gasteiger partial charge on any atom is -0.246 e. The molecule has 1 aromatic rings. The maximum atomic E-state index is 12.2. The van der Waals surface area contributed by atoms with Crippen molar-refractivity contribution in [1.82, 2.24) is 4.98 Å². The Bertz CT molecular complexity index is 381. The lowest BCUT2D eigenvalue weighted by Crippen LogP contribution is -2.09. The molecule has 0 saturated carbocycles. The van der Waals surface area contributed by atoms with Crippen LogP contribution in [-0.4, -0.2) is 4.98 Å². The summed E-state index contributed by atoms with van der Waals surface area (Å²) >= 11 is 3.02. The molecular formula is C8H4BrF3N2. The minimum atomic E-state index is -4.47. The minimum absolute atomic E-state index is 0.0994. The molecule has 0 aromatic carbocycles. The zero-order chi connectivity index (χ0) is 10.8. The summed E-state index contributed by atoms with van der Waals surface area (Å²) in [5.41, 5.74) is -0.881. The van der Waals surface area contributed by atoms with E-state index in [9.17, 15) is 13.2 Å². The van der Waals surface area contributed by atoms with E-state index in [1.165, 1.54) is 6.07 Å². The van der Waals surface area contributed by atoms with Crippen molar-refractivity contribution in [3.05, 3.63) is 28.0 Å². The Kier molecular flexibility index (Phi) is 3.11. The van der Waals surface area contributed by atoms with Gasteiger partial charge < -0.3 is 0 Å². The maximum absolute atomic E-state index is 12.2. The average molecular weight is 265 g/mol. The van der Waals surface area contributed by atoms with Gasteiger partial charge in [-0.05, 0) is 28.1 Å². The molecule has 0 N–H and O–H groups in total. The first-order chi connectivity index (χ1) is 6.45. The Morgan fingerprint density at radius 3 is 2.57 bits per heavy atom. The topological polar surface area (TPSA) is 36.7 Å². The lowest BCUT2D eigenvalue weighted by molar-refractivity contribution is -0.141. The van der Waals surface area contributed by atoms with Gasteiger partial charge in [0.1, 0.15) is 5.69 Å². The van der Waals surface area contributed by atoms with Gasteiger partial charge in [-0.1, -0.05) is 0 Å². The Morgan fingerprint density at radius 1 is 1.43 bits per heavy atom. The van der Waals surface area contributed by atoms with Crippen molar-refractivity contribution in [3.8, 4) is 6.07 Å². The molecule has 1 rings (SSSR count). The van der Waals surface area contributed by atoms with Crippen LogP contribution < -0.4 is 0 Å². The number of hydrogen-bond acceptors (Lipinski definition) is 2. The van der Waals surface area contributed by atoms with Gasteiger partial charge in [0.25, 0.3) is 0 Å². The molecule has 74 valence electrons. The van der Waals surface area contributed by atoms with Crippen LogP contribution in [0, 0.1) is 11.3 Å². The summed E-state index contributed by atoms with van der Waals surface area (Å²) in [6.07, 6.45) is -4.62. The monoisotopic (exact) mass is 264 g/mol. The molecule has 0 atom stereocenters. The van der Waals surface area contributed by atoms with Crippen LogP contribution in [-0.2, 0) is 12.6 Å². The fourth-order valence-corrected chi connectivity index (χ4v) is 1.20. The van der Waals surface area contributed by atoms with Crippen LogP contribution in [0.2, 0.25) is 0 Å². The molecule has 1 heterocycles. The van der Waals surface area contributed by atoms with E-state index in [2.05, 4.69) is 20.9 Å². The summed E-state index contributed by atoms with van der Waals surface area (Å²) in [6.45, 7) is 0. The van der Waals surface area contributed by atoms with E-state index in [1.807, 2.05) is 0 Å². The number of hydrogen-bond donors (Lipinski definition) is 0. The summed E-state index contributed by atoms with van der Waals surface area (Å²) in [7, 11) is 0. The van der Waals surface area contributed by atoms with Crippen LogP contribution in [0.1, 0.15) is 11.4 Å². The van der Waals surface area contributed by atoms with Gasteiger partial charge in [-0.2, -0.15) is 18.4 Å². The molecule has 0 saturated heterocycles. The molecule has 6 heteroatoms. The van der Waals surface area contributed by atoms with Gasteiger partial charge in [-0.3, -0.25) is 0 Å². The van der Waals surface area contributed by atoms with Gasteiger partial charge in [0, 0.05) is 4.47 Å². The molecule has 2 nitrogen and oxygen atoms in total. The fraction of sp³-hybridized carbons (Fsp3) is 0.250. The molecular weight excluding hydrogens is 261 g/mol. The van der Waals surface area contributed by atoms with E-state index in [-0.39, 0.29) is 12.1 Å². The molecule has 0 radical (unpaired) electrons. The van der Waals surface area contributed by atoms with Crippen LogP contribution in [0.15, 0.2) is 16.6 Å². The van der Waals surface area contributed by atoms with Crippen molar-refractivity contribution in [1.29, 1.82) is 5.26 Å². The zero-order valence-electron chi connectivity index (χ0n) is 6.77. The standard InChI is InChI=1S/C8H4BrF3N2/c9-5-1-2-7(8(10,11)12)14-6(5)3-4-13/h1-2H,3H2. The molecule has 0 spiro atoms. The molecule has 0 aliphatic carbocycles. The normalized spacial score (nSPS) is 11.1. The Hall–Kier alpha value is -1.09. The first-order valence-corrected chi connectivity index (χ1v) is 4.34. The number of rotatable bonds is 1. The van der Waals surface area contributed by atoms with E-state index in [0.29, 0.717) is 4.47 Å². The number of alkyl halides is 3. The highest BCUT2D eigenvalue weighted by Crippen LogP contribution is 2.29. The van der Waals surface area contributed by atoms with Crippen LogP contribution in [0.4, 0.5) is 13.2 Å². The second-order valence-corrected chi connectivity index (χ2v) is 3.31. The largest absolute Gasteiger partial charge is 0.433 e. The van der Waals surface area contributed by atoms with Crippen molar-refractivity contribution in [2.24, 2.45) is 0 Å². The first kappa shape index (κ1) is 11.0. The first-order valence-electron chi connectivity index (χ1n) is 3.54. The van der Waals surface area contributed by atoms with Crippen LogP contribution in [0.5, 0.6) is 0 Å². The lowest BCUT2D eigenvalue weighted by Gasteiger charge is -2.07. The van der Waals surface area contributed by atoms with E-state index < -0.39 is 11.9 Å². The molecule has 0 aliphatic heterocycles. The highest BCUT2D eigenvalue weighted by molar-refractivity contribution is 9.10. The van der Waals surface area contributed by atoms with Gasteiger partial charge in [-0.15, -0.1) is 0 Å². The molecule has 0 bridgehead atoms. The summed E-state index contributed by atoms with van der Waals surface area (Å²) < 4.78 is 36.9. The fourth-order valence-electron chi connectivity index (χ4n) is 0.841. The van der Waals surface area contributed by atoms with Gasteiger partial charge in [-0.25, -0.2) is 4.98 Å². The van der Waals surface area contributed by atoms with E-state index in [1.54, 1.807) is 6.07 Å². The third-order valence-electron chi connectivity index (χ3n) is 1.46. The van der Waals surface area contributed by atoms with E-state index in [0.717, 1.165) is 6.07 Å². The van der Waals surface area contributed by atoms with Crippen molar-refractivity contribution in [3.63, 3.8) is 0 Å². The quantitative estimate of drug-likeness (QED) is 0.782. The van der Waals surface area contributed by atoms with Crippen LogP contribution in [0.25, 0.3) is 0 Å². The van der Waals surface area contributed by atoms with Gasteiger partial charge >= 0.3 is 6.18 Å². The smallest absolute Gasteiger partial charge is 0.246 e. The Balaban J connectivity index is 3.14. The Labute approximate surface area is 86.5 Å². The maximum Gasteiger partial charge on any atom is 0.433 e. The summed E-state index contributed by atoms with van der Waals surface area (Å²) in [5.74, 6) is 0. The average Bonchev–Trinajstić information content (AvgIpc) is 2.07. The second-order valence-electron chi connectivity index (χ2n) is 2.46. The zero-order valence-corrected chi connectivity index (χ0v) is 8.35. The van der Waals surface area contributed by atoms with E-state index in [4.69, 9.17) is 5.26 Å². The second kappa shape index (κ2) is 3.96. The lowest BCUT2D eigenvalue weighted by atomic mass is 10.2. The van der Waals surface area contributed by atoms with Gasteiger partial charge in [0.2, 0.25) is 0 Å². The van der Waals surface area contributed by atoms with Gasteiger partial charge in [0.15, 0.2) is 0 Å². The van der Waals surface area contributed by atoms with Crippen molar-refractivity contribution < 1.29 is 13.2 Å². The number of halogens is 4. The van der Waals surface area contributed by atoms with Crippen LogP contribution >= 0.6 is 15.9 Å². The third kappa shape index (κ3) is 2.45. The van der Waals surface area contributed by atoms with Crippen molar-refractivity contribution in [2.45, 2.75) is 12.6 Å². The SMILES string of the molecule is N#CCc1nc(C(F)(F)F)ccc1Br. The molecule has 0 amide bonds. The molecule has 0 fully saturated rings. The molecule has 1 aromatic heterocycles. The molecule has 14 heavy (non-hydrogen) atoms. The number of pyridine rings is 1. The highest BCUT2D eigenvalue weighted by Gasteiger charge is 2.32. The number of nitriles is 1. The third-order valence-corrected chi connectivity index (χ3v) is 2.18. The summed E-state index contributed by atoms with van der Waals surface area (Å²) in [6, 6.07) is 3.85. The Morgan fingerprint density at radius 2 is 2.07 bits per heavy atom. The van der Waals surface area contributed by atoms with Crippen LogP contribution in [0.3, 0.4) is 0 Å². The van der Waals surface area contributed by atoms with Crippen molar-refractivity contribution >= 4 is 15.9 Å². The summed E-state index contributed by atoms with van der Waals surface area (Å²) in [5, 5.41) is 8.35. The summed E-state index contributed by atoms with van der Waals surface area (Å²) in [4.78, 5) is 3.34. The van der Waals surface area contributed by atoms with E-state index >= 15 is 0 Å².